The van der Waals surface area contributed by atoms with Crippen LogP contribution >= 0.6 is 0 Å². The van der Waals surface area contributed by atoms with Crippen LogP contribution in [0.2, 0.25) is 0 Å². The van der Waals surface area contributed by atoms with Crippen molar-refractivity contribution in [2.45, 2.75) is 18.9 Å². The molecule has 0 heterocycles. The van der Waals surface area contributed by atoms with E-state index in [0.29, 0.717) is 19.4 Å². The molecule has 0 radical (unpaired) electrons. The van der Waals surface area contributed by atoms with Gasteiger partial charge < -0.3 is 11.5 Å². The van der Waals surface area contributed by atoms with Gasteiger partial charge in [0.05, 0.1) is 12.6 Å². The highest BCUT2D eigenvalue weighted by Crippen LogP contribution is 1.89. The predicted octanol–water partition coefficient (Wildman–Crippen LogP) is -4.07. The second kappa shape index (κ2) is 5.36. The summed E-state index contributed by atoms with van der Waals surface area (Å²) in [5.41, 5.74) is 20.6. The van der Waals surface area contributed by atoms with E-state index in [9.17, 15) is 4.79 Å². The van der Waals surface area contributed by atoms with Crippen LogP contribution in [-0.4, -0.2) is 24.5 Å². The average Bonchev–Trinajstić information content (AvgIpc) is 1.97. The van der Waals surface area contributed by atoms with Crippen molar-refractivity contribution in [1.29, 1.82) is 0 Å². The van der Waals surface area contributed by atoms with Crippen LogP contribution in [0, 0.1) is 0 Å². The first-order chi connectivity index (χ1) is 5.54. The minimum atomic E-state index is -0.578. The van der Waals surface area contributed by atoms with Crippen molar-refractivity contribution in [3.05, 3.63) is 0 Å². The fourth-order valence-corrected chi connectivity index (χ4v) is 0.697. The molecule has 0 fully saturated rings. The smallest absolute Gasteiger partial charge is 0.338 e. The molecular weight excluding hydrogens is 158 g/mol. The van der Waals surface area contributed by atoms with E-state index in [1.807, 2.05) is 0 Å². The highest BCUT2D eigenvalue weighted by Gasteiger charge is 2.07. The van der Waals surface area contributed by atoms with Crippen molar-refractivity contribution in [2.24, 2.45) is 22.9 Å². The van der Waals surface area contributed by atoms with E-state index in [1.54, 1.807) is 0 Å². The average molecular weight is 174 g/mol. The van der Waals surface area contributed by atoms with Crippen LogP contribution in [0.4, 0.5) is 0 Å². The van der Waals surface area contributed by atoms with Crippen LogP contribution in [0.3, 0.4) is 0 Å². The van der Waals surface area contributed by atoms with Crippen molar-refractivity contribution >= 4 is 11.9 Å². The van der Waals surface area contributed by atoms with Crippen LogP contribution in [-0.2, 0) is 4.79 Å². The van der Waals surface area contributed by atoms with Gasteiger partial charge in [-0.15, -0.1) is 0 Å². The third-order valence-corrected chi connectivity index (χ3v) is 1.39. The zero-order chi connectivity index (χ0) is 9.56. The van der Waals surface area contributed by atoms with Crippen LogP contribution in [0.1, 0.15) is 12.8 Å². The van der Waals surface area contributed by atoms with Gasteiger partial charge in [0.1, 0.15) is 0 Å². The fourth-order valence-electron chi connectivity index (χ4n) is 0.697. The molecule has 0 aliphatic carbocycles. The Bertz CT molecular complexity index is 175. The lowest BCUT2D eigenvalue weighted by Crippen LogP contribution is -2.78. The first-order valence-electron chi connectivity index (χ1n) is 3.70. The number of amides is 1. The molecule has 1 atom stereocenters. The molecule has 9 N–H and O–H groups in total. The SMILES string of the molecule is NC(=O)[C@@H](N)CCC[NH+]=C(N)N. The third kappa shape index (κ3) is 5.48. The quantitative estimate of drug-likeness (QED) is 0.164. The maximum atomic E-state index is 10.4. The van der Waals surface area contributed by atoms with Crippen LogP contribution in [0.5, 0.6) is 0 Å². The standard InChI is InChI=1S/C6H15N5O/c7-4(5(8)12)2-1-3-11-6(9)10/h4H,1-3,7H2,(H2,8,12)(H4,9,10,11)/p+1/t4-/m0/s1. The number of rotatable bonds is 5. The van der Waals surface area contributed by atoms with Crippen molar-refractivity contribution in [2.75, 3.05) is 6.54 Å². The summed E-state index contributed by atoms with van der Waals surface area (Å²) in [5.74, 6) is -0.317. The molecule has 12 heavy (non-hydrogen) atoms. The van der Waals surface area contributed by atoms with Gasteiger partial charge in [0, 0.05) is 0 Å². The van der Waals surface area contributed by atoms with E-state index in [2.05, 4.69) is 4.99 Å². The molecular formula is C6H16N5O+. The molecule has 0 aliphatic heterocycles. The van der Waals surface area contributed by atoms with Crippen molar-refractivity contribution in [3.63, 3.8) is 0 Å². The van der Waals surface area contributed by atoms with Crippen LogP contribution in [0.25, 0.3) is 0 Å². The predicted molar refractivity (Wildman–Crippen MR) is 45.6 cm³/mol. The van der Waals surface area contributed by atoms with Gasteiger partial charge in [-0.2, -0.15) is 0 Å². The minimum Gasteiger partial charge on any atom is -0.368 e. The Balaban J connectivity index is 3.44. The number of nitrogens with two attached hydrogens (primary N) is 4. The molecule has 0 saturated carbocycles. The second-order valence-corrected chi connectivity index (χ2v) is 2.53. The van der Waals surface area contributed by atoms with E-state index in [-0.39, 0.29) is 5.96 Å². The summed E-state index contributed by atoms with van der Waals surface area (Å²) >= 11 is 0. The molecule has 0 bridgehead atoms. The summed E-state index contributed by atoms with van der Waals surface area (Å²) in [7, 11) is 0. The maximum absolute atomic E-state index is 10.4. The summed E-state index contributed by atoms with van der Waals surface area (Å²) in [5, 5.41) is 0. The normalized spacial score (nSPS) is 12.1. The maximum Gasteiger partial charge on any atom is 0.338 e. The Hall–Kier alpha value is -1.30. The fraction of sp³-hybridized carbons (Fsp3) is 0.667. The molecule has 0 unspecified atom stereocenters. The van der Waals surface area contributed by atoms with E-state index in [0.717, 1.165) is 0 Å². The Morgan fingerprint density at radius 3 is 2.33 bits per heavy atom. The van der Waals surface area contributed by atoms with Gasteiger partial charge in [0.15, 0.2) is 0 Å². The second-order valence-electron chi connectivity index (χ2n) is 2.53. The molecule has 0 saturated heterocycles. The zero-order valence-corrected chi connectivity index (χ0v) is 6.92. The van der Waals surface area contributed by atoms with Gasteiger partial charge in [0.2, 0.25) is 5.91 Å². The van der Waals surface area contributed by atoms with Crippen molar-refractivity contribution in [3.8, 4) is 0 Å². The summed E-state index contributed by atoms with van der Waals surface area (Å²) in [6, 6.07) is -0.578. The zero-order valence-electron chi connectivity index (χ0n) is 6.92. The lowest BCUT2D eigenvalue weighted by atomic mass is 10.1. The summed E-state index contributed by atoms with van der Waals surface area (Å²) in [4.78, 5) is 13.2. The van der Waals surface area contributed by atoms with Crippen molar-refractivity contribution in [1.82, 2.24) is 0 Å². The largest absolute Gasteiger partial charge is 0.368 e. The van der Waals surface area contributed by atoms with Crippen LogP contribution < -0.4 is 27.9 Å². The van der Waals surface area contributed by atoms with E-state index in [4.69, 9.17) is 22.9 Å². The molecule has 0 rings (SSSR count). The van der Waals surface area contributed by atoms with Crippen molar-refractivity contribution < 1.29 is 9.79 Å². The monoisotopic (exact) mass is 174 g/mol. The van der Waals surface area contributed by atoms with Gasteiger partial charge in [-0.05, 0) is 12.8 Å². The summed E-state index contributed by atoms with van der Waals surface area (Å²) in [6.07, 6.45) is 1.25. The first kappa shape index (κ1) is 10.7. The highest BCUT2D eigenvalue weighted by molar-refractivity contribution is 5.79. The Kier molecular flexibility index (Phi) is 4.78. The number of carbonyl (C=O) groups excluding carboxylic acids is 1. The third-order valence-electron chi connectivity index (χ3n) is 1.39. The Morgan fingerprint density at radius 2 is 1.92 bits per heavy atom. The first-order valence-corrected chi connectivity index (χ1v) is 3.70. The Morgan fingerprint density at radius 1 is 1.33 bits per heavy atom. The van der Waals surface area contributed by atoms with Gasteiger partial charge in [-0.1, -0.05) is 0 Å². The molecule has 6 heteroatoms. The number of guanidine groups is 1. The lowest BCUT2D eigenvalue weighted by molar-refractivity contribution is -0.459. The highest BCUT2D eigenvalue weighted by atomic mass is 16.1. The molecule has 0 aliphatic rings. The number of hydrogen-bond acceptors (Lipinski definition) is 2. The summed E-state index contributed by atoms with van der Waals surface area (Å²) in [6.45, 7) is 0.601. The van der Waals surface area contributed by atoms with E-state index >= 15 is 0 Å². The van der Waals surface area contributed by atoms with E-state index in [1.165, 1.54) is 0 Å². The van der Waals surface area contributed by atoms with Gasteiger partial charge in [-0.3, -0.25) is 21.3 Å². The molecule has 0 aromatic rings. The molecule has 0 spiro atoms. The Labute approximate surface area is 71.0 Å². The lowest BCUT2D eigenvalue weighted by Gasteiger charge is -2.03. The number of carbonyl (C=O) groups is 1. The molecule has 1 amide bonds. The molecule has 70 valence electrons. The summed E-state index contributed by atoms with van der Waals surface area (Å²) < 4.78 is 0. The topological polar surface area (TPSA) is 135 Å². The molecule has 0 aromatic heterocycles. The minimum absolute atomic E-state index is 0.169. The number of primary amides is 1. The molecule has 0 aromatic carbocycles. The number of nitrogens with one attached hydrogen (secondary N) is 1. The van der Waals surface area contributed by atoms with E-state index < -0.39 is 11.9 Å². The van der Waals surface area contributed by atoms with Gasteiger partial charge >= 0.3 is 5.96 Å². The van der Waals surface area contributed by atoms with Gasteiger partial charge in [-0.25, -0.2) is 0 Å². The van der Waals surface area contributed by atoms with Gasteiger partial charge in [0.25, 0.3) is 0 Å². The number of hydrogen-bond donors (Lipinski definition) is 5. The molecule has 6 nitrogen and oxygen atoms in total. The van der Waals surface area contributed by atoms with Crippen LogP contribution in [0.15, 0.2) is 0 Å².